The first-order chi connectivity index (χ1) is 11.5. The molecular formula is C17H24N4O3. The Morgan fingerprint density at radius 2 is 2.08 bits per heavy atom. The molecule has 3 N–H and O–H groups in total. The third-order valence-electron chi connectivity index (χ3n) is 3.88. The molecule has 7 nitrogen and oxygen atoms in total. The average molecular weight is 332 g/mol. The molecule has 0 saturated carbocycles. The van der Waals surface area contributed by atoms with Crippen LogP contribution in [-0.2, 0) is 13.1 Å². The number of benzene rings is 1. The topological polar surface area (TPSA) is 93.3 Å². The van der Waals surface area contributed by atoms with Crippen LogP contribution in [0.5, 0.6) is 5.75 Å². The van der Waals surface area contributed by atoms with Crippen LogP contribution >= 0.6 is 0 Å². The number of rotatable bonds is 7. The number of hydrogen-bond donors (Lipinski definition) is 2. The summed E-state index contributed by atoms with van der Waals surface area (Å²) in [4.78, 5) is 28.3. The van der Waals surface area contributed by atoms with Crippen LogP contribution in [0.3, 0.4) is 0 Å². The zero-order valence-electron chi connectivity index (χ0n) is 14.3. The van der Waals surface area contributed by atoms with Gasteiger partial charge in [0.25, 0.3) is 5.56 Å². The van der Waals surface area contributed by atoms with E-state index in [0.29, 0.717) is 18.8 Å². The van der Waals surface area contributed by atoms with Gasteiger partial charge in [0.2, 0.25) is 0 Å². The van der Waals surface area contributed by atoms with E-state index >= 15 is 0 Å². The molecule has 0 aliphatic carbocycles. The van der Waals surface area contributed by atoms with Crippen molar-refractivity contribution in [1.29, 1.82) is 0 Å². The lowest BCUT2D eigenvalue weighted by Gasteiger charge is -2.22. The highest BCUT2D eigenvalue weighted by molar-refractivity contribution is 5.62. The molecule has 0 aliphatic heterocycles. The molecular weight excluding hydrogens is 308 g/mol. The molecule has 0 atom stereocenters. The molecule has 1 aromatic carbocycles. The number of nitrogens with one attached hydrogen (secondary N) is 1. The molecule has 130 valence electrons. The molecule has 1 aromatic heterocycles. The molecule has 0 amide bonds. The summed E-state index contributed by atoms with van der Waals surface area (Å²) in [6.45, 7) is 2.98. The third kappa shape index (κ3) is 3.79. The Kier molecular flexibility index (Phi) is 5.68. The summed E-state index contributed by atoms with van der Waals surface area (Å²) in [6, 6.07) is 7.58. The maximum Gasteiger partial charge on any atom is 0.330 e. The van der Waals surface area contributed by atoms with Gasteiger partial charge in [0.05, 0.1) is 7.11 Å². The minimum atomic E-state index is -0.476. The maximum absolute atomic E-state index is 12.2. The van der Waals surface area contributed by atoms with Crippen LogP contribution in [0.1, 0.15) is 25.3 Å². The number of hydrogen-bond acceptors (Lipinski definition) is 5. The first-order valence-electron chi connectivity index (χ1n) is 7.94. The van der Waals surface area contributed by atoms with Gasteiger partial charge in [-0.1, -0.05) is 25.5 Å². The quantitative estimate of drug-likeness (QED) is 0.802. The molecule has 7 heteroatoms. The SMILES string of the molecule is CCCCn1c(N)c(N(C)Cc2cccc(OC)c2)c(=O)[nH]c1=O. The van der Waals surface area contributed by atoms with Gasteiger partial charge in [-0.25, -0.2) is 4.79 Å². The van der Waals surface area contributed by atoms with Crippen LogP contribution in [-0.4, -0.2) is 23.7 Å². The van der Waals surface area contributed by atoms with E-state index < -0.39 is 11.2 Å². The van der Waals surface area contributed by atoms with E-state index in [1.807, 2.05) is 31.2 Å². The number of nitrogens with two attached hydrogens (primary N) is 1. The van der Waals surface area contributed by atoms with E-state index in [1.165, 1.54) is 4.57 Å². The number of methoxy groups -OCH3 is 1. The number of aromatic nitrogens is 2. The number of nitrogen functional groups attached to an aromatic ring is 1. The van der Waals surface area contributed by atoms with Crippen molar-refractivity contribution in [2.75, 3.05) is 24.8 Å². The summed E-state index contributed by atoms with van der Waals surface area (Å²) in [5.41, 5.74) is 6.44. The standard InChI is InChI=1S/C17H24N4O3/c1-4-5-9-21-15(18)14(16(22)19-17(21)23)20(2)11-12-7-6-8-13(10-12)24-3/h6-8,10H,4-5,9,11,18H2,1-3H3,(H,19,22,23). The van der Waals surface area contributed by atoms with Crippen LogP contribution in [0.2, 0.25) is 0 Å². The Balaban J connectivity index is 2.36. The summed E-state index contributed by atoms with van der Waals surface area (Å²) in [5, 5.41) is 0. The van der Waals surface area contributed by atoms with Gasteiger partial charge < -0.3 is 15.4 Å². The first kappa shape index (κ1) is 17.7. The van der Waals surface area contributed by atoms with Crippen LogP contribution in [0.15, 0.2) is 33.9 Å². The Morgan fingerprint density at radius 1 is 1.33 bits per heavy atom. The van der Waals surface area contributed by atoms with Gasteiger partial charge in [-0.15, -0.1) is 0 Å². The second kappa shape index (κ2) is 7.72. The van der Waals surface area contributed by atoms with Crippen LogP contribution < -0.4 is 26.6 Å². The van der Waals surface area contributed by atoms with Crippen molar-refractivity contribution in [2.45, 2.75) is 32.9 Å². The number of aromatic amines is 1. The zero-order valence-corrected chi connectivity index (χ0v) is 14.3. The zero-order chi connectivity index (χ0) is 17.7. The largest absolute Gasteiger partial charge is 0.497 e. The molecule has 0 radical (unpaired) electrons. The van der Waals surface area contributed by atoms with Gasteiger partial charge in [0.1, 0.15) is 17.3 Å². The van der Waals surface area contributed by atoms with Gasteiger partial charge >= 0.3 is 5.69 Å². The fourth-order valence-corrected chi connectivity index (χ4v) is 2.61. The van der Waals surface area contributed by atoms with E-state index in [1.54, 1.807) is 19.1 Å². The normalized spacial score (nSPS) is 10.6. The van der Waals surface area contributed by atoms with Gasteiger partial charge in [0, 0.05) is 20.1 Å². The van der Waals surface area contributed by atoms with Crippen molar-refractivity contribution in [1.82, 2.24) is 9.55 Å². The summed E-state index contributed by atoms with van der Waals surface area (Å²) in [7, 11) is 3.38. The van der Waals surface area contributed by atoms with Gasteiger partial charge in [-0.3, -0.25) is 14.3 Å². The Morgan fingerprint density at radius 3 is 2.75 bits per heavy atom. The van der Waals surface area contributed by atoms with Crippen LogP contribution in [0.4, 0.5) is 11.5 Å². The van der Waals surface area contributed by atoms with Crippen molar-refractivity contribution >= 4 is 11.5 Å². The second-order valence-corrected chi connectivity index (χ2v) is 5.71. The minimum absolute atomic E-state index is 0.197. The van der Waals surface area contributed by atoms with Crippen LogP contribution in [0.25, 0.3) is 0 Å². The molecule has 24 heavy (non-hydrogen) atoms. The lowest BCUT2D eigenvalue weighted by Crippen LogP contribution is -2.37. The van der Waals surface area contributed by atoms with E-state index in [9.17, 15) is 9.59 Å². The number of unbranched alkanes of at least 4 members (excludes halogenated alkanes) is 1. The smallest absolute Gasteiger partial charge is 0.330 e. The summed E-state index contributed by atoms with van der Waals surface area (Å²) < 4.78 is 6.63. The van der Waals surface area contributed by atoms with Crippen molar-refractivity contribution in [3.05, 3.63) is 50.7 Å². The summed E-state index contributed by atoms with van der Waals surface area (Å²) in [6.07, 6.45) is 1.75. The molecule has 0 fully saturated rings. The number of H-pyrrole nitrogens is 1. The number of ether oxygens (including phenoxy) is 1. The van der Waals surface area contributed by atoms with Gasteiger partial charge in [0.15, 0.2) is 0 Å². The van der Waals surface area contributed by atoms with Crippen molar-refractivity contribution < 1.29 is 4.74 Å². The maximum atomic E-state index is 12.2. The predicted octanol–water partition coefficient (Wildman–Crippen LogP) is 1.56. The fourth-order valence-electron chi connectivity index (χ4n) is 2.61. The molecule has 1 heterocycles. The lowest BCUT2D eigenvalue weighted by atomic mass is 10.2. The highest BCUT2D eigenvalue weighted by Crippen LogP contribution is 2.20. The highest BCUT2D eigenvalue weighted by Gasteiger charge is 2.16. The highest BCUT2D eigenvalue weighted by atomic mass is 16.5. The first-order valence-corrected chi connectivity index (χ1v) is 7.94. The van der Waals surface area contributed by atoms with Gasteiger partial charge in [-0.05, 0) is 24.1 Å². The lowest BCUT2D eigenvalue weighted by molar-refractivity contribution is 0.414. The molecule has 0 aliphatic rings. The van der Waals surface area contributed by atoms with E-state index in [-0.39, 0.29) is 5.82 Å². The molecule has 0 bridgehead atoms. The van der Waals surface area contributed by atoms with E-state index in [2.05, 4.69) is 4.98 Å². The predicted molar refractivity (Wildman–Crippen MR) is 95.7 cm³/mol. The minimum Gasteiger partial charge on any atom is -0.497 e. The Bertz CT molecular complexity index is 810. The second-order valence-electron chi connectivity index (χ2n) is 5.71. The Labute approximate surface area is 140 Å². The van der Waals surface area contributed by atoms with E-state index in [0.717, 1.165) is 24.2 Å². The molecule has 2 aromatic rings. The average Bonchev–Trinajstić information content (AvgIpc) is 2.54. The van der Waals surface area contributed by atoms with Crippen molar-refractivity contribution in [3.63, 3.8) is 0 Å². The molecule has 0 saturated heterocycles. The fraction of sp³-hybridized carbons (Fsp3) is 0.412. The Hall–Kier alpha value is -2.70. The van der Waals surface area contributed by atoms with Crippen molar-refractivity contribution in [3.8, 4) is 5.75 Å². The molecule has 0 unspecified atom stereocenters. The molecule has 2 rings (SSSR count). The van der Waals surface area contributed by atoms with Crippen LogP contribution in [0, 0.1) is 0 Å². The molecule has 0 spiro atoms. The van der Waals surface area contributed by atoms with Gasteiger partial charge in [-0.2, -0.15) is 0 Å². The van der Waals surface area contributed by atoms with E-state index in [4.69, 9.17) is 10.5 Å². The van der Waals surface area contributed by atoms with Crippen molar-refractivity contribution in [2.24, 2.45) is 0 Å². The number of anilines is 2. The third-order valence-corrected chi connectivity index (χ3v) is 3.88. The monoisotopic (exact) mass is 332 g/mol. The number of nitrogens with zero attached hydrogens (tertiary/aromatic N) is 2. The summed E-state index contributed by atoms with van der Waals surface area (Å²) >= 11 is 0. The summed E-state index contributed by atoms with van der Waals surface area (Å²) in [5.74, 6) is 0.943.